The monoisotopic (exact) mass is 425 g/mol. The van der Waals surface area contributed by atoms with Crippen molar-refractivity contribution in [2.45, 2.75) is 0 Å². The standard InChI is InChI=1S/C20H19N5O4S/c26-19-17(13-14-5-6-18(30-14)25(27)28)24-16-4-2-1-3-15(16)23(20(24)21-19)8-7-22-9-11-29-12-10-22/h1-6,13H,7-12H2/b17-13-. The molecule has 3 aliphatic heterocycles. The van der Waals surface area contributed by atoms with E-state index in [1.165, 1.54) is 6.07 Å². The Morgan fingerprint density at radius 2 is 1.90 bits per heavy atom. The number of nitrogens with zero attached hydrogens (tertiary/aromatic N) is 5. The number of hydrogen-bond donors (Lipinski definition) is 0. The molecule has 0 aliphatic carbocycles. The second-order valence-corrected chi connectivity index (χ2v) is 8.20. The van der Waals surface area contributed by atoms with E-state index in [1.807, 2.05) is 29.2 Å². The van der Waals surface area contributed by atoms with Gasteiger partial charge in [-0.2, -0.15) is 4.99 Å². The Kier molecular flexibility index (Phi) is 4.81. The topological polar surface area (TPSA) is 91.5 Å². The van der Waals surface area contributed by atoms with Gasteiger partial charge in [0, 0.05) is 37.1 Å². The highest BCUT2D eigenvalue weighted by molar-refractivity contribution is 7.16. The molecule has 0 saturated carbocycles. The van der Waals surface area contributed by atoms with E-state index in [1.54, 1.807) is 12.1 Å². The molecular formula is C20H19N5O4S. The molecular weight excluding hydrogens is 406 g/mol. The van der Waals surface area contributed by atoms with Crippen molar-refractivity contribution in [3.63, 3.8) is 0 Å². The first-order valence-electron chi connectivity index (χ1n) is 9.67. The molecule has 2 aromatic rings. The summed E-state index contributed by atoms with van der Waals surface area (Å²) >= 11 is 1.04. The van der Waals surface area contributed by atoms with Crippen molar-refractivity contribution >= 4 is 45.7 Å². The fourth-order valence-corrected chi connectivity index (χ4v) is 4.63. The molecule has 5 rings (SSSR count). The van der Waals surface area contributed by atoms with Crippen LogP contribution in [0.25, 0.3) is 6.08 Å². The van der Waals surface area contributed by atoms with Gasteiger partial charge in [0.15, 0.2) is 0 Å². The SMILES string of the molecule is O=C1N=C2N(CCN3CCOCC3)c3ccccc3N2/C1=C\c1ccc([N+](=O)[O-])s1. The average molecular weight is 425 g/mol. The van der Waals surface area contributed by atoms with Crippen LogP contribution in [0.1, 0.15) is 4.88 Å². The highest BCUT2D eigenvalue weighted by Gasteiger charge is 2.42. The molecule has 1 aromatic heterocycles. The third-order valence-corrected chi connectivity index (χ3v) is 6.32. The molecule has 1 amide bonds. The van der Waals surface area contributed by atoms with Crippen LogP contribution in [0.3, 0.4) is 0 Å². The maximum absolute atomic E-state index is 12.7. The lowest BCUT2D eigenvalue weighted by Crippen LogP contribution is -2.43. The first-order chi connectivity index (χ1) is 14.6. The third-order valence-electron chi connectivity index (χ3n) is 5.33. The van der Waals surface area contributed by atoms with E-state index in [-0.39, 0.29) is 10.9 Å². The molecule has 1 saturated heterocycles. The zero-order valence-electron chi connectivity index (χ0n) is 16.1. The highest BCUT2D eigenvalue weighted by Crippen LogP contribution is 2.42. The number of aliphatic imine (C=N–C) groups is 1. The van der Waals surface area contributed by atoms with Crippen molar-refractivity contribution in [2.75, 3.05) is 49.2 Å². The van der Waals surface area contributed by atoms with Crippen LogP contribution in [0.5, 0.6) is 0 Å². The highest BCUT2D eigenvalue weighted by atomic mass is 32.1. The summed E-state index contributed by atoms with van der Waals surface area (Å²) in [6.45, 7) is 4.82. The zero-order chi connectivity index (χ0) is 20.7. The molecule has 3 aliphatic rings. The van der Waals surface area contributed by atoms with Crippen molar-refractivity contribution in [1.82, 2.24) is 4.90 Å². The number of fused-ring (bicyclic) bond motifs is 3. The molecule has 0 atom stereocenters. The third kappa shape index (κ3) is 3.28. The van der Waals surface area contributed by atoms with E-state index in [4.69, 9.17) is 4.74 Å². The molecule has 0 spiro atoms. The molecule has 4 heterocycles. The number of carbonyl (C=O) groups excluding carboxylic acids is 1. The summed E-state index contributed by atoms with van der Waals surface area (Å²) in [5, 5.41) is 11.0. The number of rotatable bonds is 5. The van der Waals surface area contributed by atoms with Gasteiger partial charge in [-0.05, 0) is 24.3 Å². The number of carbonyl (C=O) groups is 1. The van der Waals surface area contributed by atoms with E-state index < -0.39 is 4.92 Å². The number of para-hydroxylation sites is 2. The van der Waals surface area contributed by atoms with Crippen LogP contribution >= 0.6 is 11.3 Å². The van der Waals surface area contributed by atoms with Crippen molar-refractivity contribution in [3.8, 4) is 0 Å². The normalized spacial score (nSPS) is 19.9. The Morgan fingerprint density at radius 1 is 1.13 bits per heavy atom. The summed E-state index contributed by atoms with van der Waals surface area (Å²) in [6.07, 6.45) is 1.68. The lowest BCUT2D eigenvalue weighted by molar-refractivity contribution is -0.380. The van der Waals surface area contributed by atoms with Crippen LogP contribution in [0.15, 0.2) is 47.1 Å². The van der Waals surface area contributed by atoms with E-state index >= 15 is 0 Å². The van der Waals surface area contributed by atoms with E-state index in [0.29, 0.717) is 23.1 Å². The molecule has 9 nitrogen and oxygen atoms in total. The number of hydrogen-bond acceptors (Lipinski definition) is 8. The van der Waals surface area contributed by atoms with Crippen molar-refractivity contribution in [3.05, 3.63) is 57.1 Å². The van der Waals surface area contributed by atoms with Crippen molar-refractivity contribution < 1.29 is 14.5 Å². The molecule has 1 aromatic carbocycles. The minimum absolute atomic E-state index is 0.0439. The van der Waals surface area contributed by atoms with Crippen LogP contribution < -0.4 is 9.80 Å². The number of nitro groups is 1. The summed E-state index contributed by atoms with van der Waals surface area (Å²) in [6, 6.07) is 11.0. The van der Waals surface area contributed by atoms with Crippen LogP contribution in [0.4, 0.5) is 16.4 Å². The fourth-order valence-electron chi connectivity index (χ4n) is 3.87. The maximum Gasteiger partial charge on any atom is 0.324 e. The number of anilines is 2. The molecule has 30 heavy (non-hydrogen) atoms. The number of amides is 1. The Balaban J connectivity index is 1.45. The Bertz CT molecular complexity index is 1070. The van der Waals surface area contributed by atoms with Crippen LogP contribution in [0.2, 0.25) is 0 Å². The van der Waals surface area contributed by atoms with Gasteiger partial charge in [0.1, 0.15) is 5.70 Å². The maximum atomic E-state index is 12.7. The van der Waals surface area contributed by atoms with Gasteiger partial charge in [0.25, 0.3) is 5.91 Å². The molecule has 0 N–H and O–H groups in total. The molecule has 0 radical (unpaired) electrons. The minimum atomic E-state index is -0.427. The lowest BCUT2D eigenvalue weighted by Gasteiger charge is -2.29. The van der Waals surface area contributed by atoms with Gasteiger partial charge in [-0.1, -0.05) is 23.5 Å². The molecule has 0 unspecified atom stereocenters. The average Bonchev–Trinajstić information content (AvgIpc) is 3.42. The van der Waals surface area contributed by atoms with Gasteiger partial charge < -0.3 is 9.64 Å². The molecule has 10 heteroatoms. The summed E-state index contributed by atoms with van der Waals surface area (Å²) in [7, 11) is 0. The number of ether oxygens (including phenoxy) is 1. The van der Waals surface area contributed by atoms with Gasteiger partial charge in [-0.15, -0.1) is 0 Å². The lowest BCUT2D eigenvalue weighted by atomic mass is 10.2. The first kappa shape index (κ1) is 18.9. The van der Waals surface area contributed by atoms with Crippen LogP contribution in [0, 0.1) is 10.1 Å². The van der Waals surface area contributed by atoms with E-state index in [9.17, 15) is 14.9 Å². The van der Waals surface area contributed by atoms with Gasteiger partial charge in [0.05, 0.1) is 29.5 Å². The van der Waals surface area contributed by atoms with E-state index in [0.717, 1.165) is 55.6 Å². The molecule has 0 bridgehead atoms. The Hall–Kier alpha value is -3.08. The predicted octanol–water partition coefficient (Wildman–Crippen LogP) is 2.55. The summed E-state index contributed by atoms with van der Waals surface area (Å²) in [4.78, 5) is 34.5. The summed E-state index contributed by atoms with van der Waals surface area (Å²) in [5.74, 6) is 0.249. The predicted molar refractivity (Wildman–Crippen MR) is 115 cm³/mol. The largest absolute Gasteiger partial charge is 0.379 e. The zero-order valence-corrected chi connectivity index (χ0v) is 16.9. The quantitative estimate of drug-likeness (QED) is 0.413. The Morgan fingerprint density at radius 3 is 2.63 bits per heavy atom. The van der Waals surface area contributed by atoms with Gasteiger partial charge in [0.2, 0.25) is 5.96 Å². The summed E-state index contributed by atoms with van der Waals surface area (Å²) < 4.78 is 5.42. The number of thiophene rings is 1. The summed E-state index contributed by atoms with van der Waals surface area (Å²) in [5.41, 5.74) is 2.30. The number of benzene rings is 1. The first-order valence-corrected chi connectivity index (χ1v) is 10.5. The molecule has 1 fully saturated rings. The smallest absolute Gasteiger partial charge is 0.324 e. The number of morpholine rings is 1. The van der Waals surface area contributed by atoms with Gasteiger partial charge in [-0.3, -0.25) is 24.7 Å². The Labute approximate surface area is 176 Å². The minimum Gasteiger partial charge on any atom is -0.379 e. The number of guanidine groups is 1. The van der Waals surface area contributed by atoms with Crippen LogP contribution in [-0.4, -0.2) is 61.1 Å². The van der Waals surface area contributed by atoms with Gasteiger partial charge in [-0.25, -0.2) is 0 Å². The van der Waals surface area contributed by atoms with Crippen molar-refractivity contribution in [2.24, 2.45) is 4.99 Å². The second-order valence-electron chi connectivity index (χ2n) is 7.11. The molecule has 154 valence electrons. The van der Waals surface area contributed by atoms with Gasteiger partial charge >= 0.3 is 5.00 Å². The fraction of sp³-hybridized carbons (Fsp3) is 0.300. The van der Waals surface area contributed by atoms with Crippen LogP contribution in [-0.2, 0) is 9.53 Å². The van der Waals surface area contributed by atoms with Crippen molar-refractivity contribution in [1.29, 1.82) is 0 Å². The van der Waals surface area contributed by atoms with E-state index in [2.05, 4.69) is 14.8 Å². The second kappa shape index (κ2) is 7.63.